The van der Waals surface area contributed by atoms with Crippen LogP contribution in [0.15, 0.2) is 24.3 Å². The summed E-state index contributed by atoms with van der Waals surface area (Å²) in [4.78, 5) is 24.7. The summed E-state index contributed by atoms with van der Waals surface area (Å²) in [5.74, 6) is -0.0111. The maximum absolute atomic E-state index is 12.6. The Kier molecular flexibility index (Phi) is 79.3. The first-order valence-electron chi connectivity index (χ1n) is 42.1. The van der Waals surface area contributed by atoms with E-state index in [0.29, 0.717) is 25.9 Å². The van der Waals surface area contributed by atoms with Gasteiger partial charge in [-0.15, -0.1) is 0 Å². The summed E-state index contributed by atoms with van der Waals surface area (Å²) in [6.45, 7) is 5.00. The van der Waals surface area contributed by atoms with Crippen molar-refractivity contribution >= 4 is 11.9 Å². The summed E-state index contributed by atoms with van der Waals surface area (Å²) >= 11 is 0. The summed E-state index contributed by atoms with van der Waals surface area (Å²) in [5, 5.41) is 23.5. The van der Waals surface area contributed by atoms with Crippen LogP contribution < -0.4 is 5.32 Å². The molecular weight excluding hydrogens is 1110 g/mol. The van der Waals surface area contributed by atoms with Gasteiger partial charge in [0.05, 0.1) is 25.4 Å². The number of aliphatic hydroxyl groups is 2. The van der Waals surface area contributed by atoms with Crippen LogP contribution in [0.1, 0.15) is 483 Å². The maximum atomic E-state index is 12.6. The van der Waals surface area contributed by atoms with Crippen LogP contribution in [0.25, 0.3) is 0 Å². The van der Waals surface area contributed by atoms with Crippen molar-refractivity contribution in [1.82, 2.24) is 5.32 Å². The highest BCUT2D eigenvalue weighted by Crippen LogP contribution is 2.21. The van der Waals surface area contributed by atoms with Crippen LogP contribution in [0, 0.1) is 0 Å². The zero-order chi connectivity index (χ0) is 65.6. The van der Waals surface area contributed by atoms with E-state index in [9.17, 15) is 19.8 Å². The summed E-state index contributed by atoms with van der Waals surface area (Å²) in [7, 11) is 0. The molecule has 0 heterocycles. The van der Waals surface area contributed by atoms with Crippen LogP contribution in [0.2, 0.25) is 0 Å². The lowest BCUT2D eigenvalue weighted by Gasteiger charge is -2.22. The van der Waals surface area contributed by atoms with Gasteiger partial charge in [0.25, 0.3) is 0 Å². The average molecular weight is 1280 g/mol. The van der Waals surface area contributed by atoms with Crippen molar-refractivity contribution < 1.29 is 24.5 Å². The fourth-order valence-corrected chi connectivity index (χ4v) is 13.6. The average Bonchev–Trinajstić information content (AvgIpc) is 3.66. The van der Waals surface area contributed by atoms with Crippen molar-refractivity contribution in [3.63, 3.8) is 0 Å². The number of carbonyl (C=O) groups is 2. The number of unbranched alkanes of at least 4 members (excludes halogenated alkanes) is 65. The molecule has 0 aliphatic heterocycles. The van der Waals surface area contributed by atoms with Crippen LogP contribution in [0.3, 0.4) is 0 Å². The van der Waals surface area contributed by atoms with E-state index in [1.807, 2.05) is 0 Å². The van der Waals surface area contributed by atoms with E-state index >= 15 is 0 Å². The quantitative estimate of drug-likeness (QED) is 0.0320. The lowest BCUT2D eigenvalue weighted by Crippen LogP contribution is -2.45. The molecule has 540 valence electrons. The SMILES string of the molecule is CCCCCCC/C=C\CCCCCCCC(=O)OCCCCCCCCCCCCCCCCCC/C=C\CCCCCCCCCCCCCCCCCCCC(=O)NC(CO)C(O)CCCCCCCCCCCCCCCCCCCCCCCCC. The van der Waals surface area contributed by atoms with Gasteiger partial charge < -0.3 is 20.3 Å². The van der Waals surface area contributed by atoms with Gasteiger partial charge in [0, 0.05) is 12.8 Å². The standard InChI is InChI=1S/C85H165NO5/c1-3-5-7-9-11-13-15-17-19-20-21-22-38-41-44-47-50-53-57-61-65-69-73-77-83(88)82(81-87)86-84(89)78-74-70-66-62-58-54-51-48-45-42-39-36-34-32-30-28-26-24-23-25-27-29-31-33-35-37-40-43-46-49-52-56-60-64-68-72-76-80-91-85(90)79-75-71-67-63-59-55-18-16-14-12-10-8-6-4-2/h16,18,23,25,82-83,87-88H,3-15,17,19-22,24,26-81H2,1-2H3,(H,86,89)/b18-16-,25-23-. The van der Waals surface area contributed by atoms with E-state index in [2.05, 4.69) is 43.5 Å². The van der Waals surface area contributed by atoms with Crippen LogP contribution in [-0.4, -0.2) is 47.4 Å². The Bertz CT molecular complexity index is 1430. The Balaban J connectivity index is 3.33. The second-order valence-electron chi connectivity index (χ2n) is 29.2. The van der Waals surface area contributed by atoms with Gasteiger partial charge >= 0.3 is 5.97 Å². The molecule has 0 spiro atoms. The number of carbonyl (C=O) groups excluding carboxylic acids is 2. The number of hydrogen-bond acceptors (Lipinski definition) is 5. The number of aliphatic hydroxyl groups excluding tert-OH is 2. The van der Waals surface area contributed by atoms with Crippen LogP contribution in [0.4, 0.5) is 0 Å². The normalized spacial score (nSPS) is 12.5. The summed E-state index contributed by atoms with van der Waals surface area (Å²) in [6, 6.07) is -0.540. The summed E-state index contributed by atoms with van der Waals surface area (Å²) in [5.41, 5.74) is 0. The van der Waals surface area contributed by atoms with Crippen molar-refractivity contribution in [2.24, 2.45) is 0 Å². The van der Waals surface area contributed by atoms with Crippen molar-refractivity contribution in [1.29, 1.82) is 0 Å². The van der Waals surface area contributed by atoms with E-state index in [4.69, 9.17) is 4.74 Å². The number of rotatable bonds is 80. The third kappa shape index (κ3) is 77.2. The topological polar surface area (TPSA) is 95.9 Å². The van der Waals surface area contributed by atoms with Gasteiger partial charge in [-0.25, -0.2) is 0 Å². The number of hydrogen-bond donors (Lipinski definition) is 3. The first kappa shape index (κ1) is 89.3. The van der Waals surface area contributed by atoms with Gasteiger partial charge in [0.1, 0.15) is 0 Å². The van der Waals surface area contributed by atoms with E-state index in [0.717, 1.165) is 44.9 Å². The fourth-order valence-electron chi connectivity index (χ4n) is 13.6. The van der Waals surface area contributed by atoms with Crippen molar-refractivity contribution in [3.8, 4) is 0 Å². The number of esters is 1. The highest BCUT2D eigenvalue weighted by Gasteiger charge is 2.20. The van der Waals surface area contributed by atoms with E-state index in [1.165, 1.54) is 405 Å². The Labute approximate surface area is 571 Å². The molecule has 0 aliphatic rings. The second kappa shape index (κ2) is 80.8. The zero-order valence-corrected chi connectivity index (χ0v) is 62.1. The molecule has 0 rings (SSSR count). The number of allylic oxidation sites excluding steroid dienone is 4. The Morgan fingerprint density at radius 2 is 0.516 bits per heavy atom. The highest BCUT2D eigenvalue weighted by atomic mass is 16.5. The van der Waals surface area contributed by atoms with Gasteiger partial charge in [0.15, 0.2) is 0 Å². The zero-order valence-electron chi connectivity index (χ0n) is 62.1. The molecule has 0 bridgehead atoms. The van der Waals surface area contributed by atoms with E-state index in [1.54, 1.807) is 0 Å². The number of nitrogens with one attached hydrogen (secondary N) is 1. The van der Waals surface area contributed by atoms with Gasteiger partial charge in [-0.1, -0.05) is 417 Å². The molecule has 0 radical (unpaired) electrons. The Hall–Kier alpha value is -1.66. The predicted octanol–water partition coefficient (Wildman–Crippen LogP) is 28.0. The molecule has 0 saturated heterocycles. The smallest absolute Gasteiger partial charge is 0.305 e. The molecule has 6 nitrogen and oxygen atoms in total. The lowest BCUT2D eigenvalue weighted by atomic mass is 10.0. The second-order valence-corrected chi connectivity index (χ2v) is 29.2. The first-order chi connectivity index (χ1) is 45.0. The van der Waals surface area contributed by atoms with Gasteiger partial charge in [-0.3, -0.25) is 9.59 Å². The predicted molar refractivity (Wildman–Crippen MR) is 403 cm³/mol. The molecular formula is C85H165NO5. The number of amides is 1. The molecule has 2 unspecified atom stereocenters. The first-order valence-corrected chi connectivity index (χ1v) is 42.1. The molecule has 6 heteroatoms. The Morgan fingerprint density at radius 1 is 0.297 bits per heavy atom. The maximum Gasteiger partial charge on any atom is 0.305 e. The largest absolute Gasteiger partial charge is 0.466 e. The molecule has 3 N–H and O–H groups in total. The molecule has 1 amide bonds. The molecule has 0 aromatic carbocycles. The molecule has 0 aromatic heterocycles. The molecule has 0 aliphatic carbocycles. The van der Waals surface area contributed by atoms with Gasteiger partial charge in [-0.05, 0) is 77.0 Å². The van der Waals surface area contributed by atoms with Crippen LogP contribution in [0.5, 0.6) is 0 Å². The van der Waals surface area contributed by atoms with E-state index < -0.39 is 12.1 Å². The monoisotopic (exact) mass is 1280 g/mol. The summed E-state index contributed by atoms with van der Waals surface area (Å²) in [6.07, 6.45) is 104. The van der Waals surface area contributed by atoms with Crippen LogP contribution in [-0.2, 0) is 14.3 Å². The number of ether oxygens (including phenoxy) is 1. The molecule has 0 aromatic rings. The highest BCUT2D eigenvalue weighted by molar-refractivity contribution is 5.76. The minimum Gasteiger partial charge on any atom is -0.466 e. The van der Waals surface area contributed by atoms with Crippen LogP contribution >= 0.6 is 0 Å². The lowest BCUT2D eigenvalue weighted by molar-refractivity contribution is -0.143. The Morgan fingerprint density at radius 3 is 0.780 bits per heavy atom. The summed E-state index contributed by atoms with van der Waals surface area (Å²) < 4.78 is 5.50. The van der Waals surface area contributed by atoms with Gasteiger partial charge in [-0.2, -0.15) is 0 Å². The van der Waals surface area contributed by atoms with Crippen molar-refractivity contribution in [2.75, 3.05) is 13.2 Å². The third-order valence-electron chi connectivity index (χ3n) is 20.0. The van der Waals surface area contributed by atoms with Crippen molar-refractivity contribution in [3.05, 3.63) is 24.3 Å². The third-order valence-corrected chi connectivity index (χ3v) is 20.0. The van der Waals surface area contributed by atoms with Gasteiger partial charge in [0.2, 0.25) is 5.91 Å². The minimum atomic E-state index is -0.663. The fraction of sp³-hybridized carbons (Fsp3) is 0.929. The molecule has 0 fully saturated rings. The molecule has 0 saturated carbocycles. The van der Waals surface area contributed by atoms with E-state index in [-0.39, 0.29) is 18.5 Å². The molecule has 2 atom stereocenters. The molecule has 91 heavy (non-hydrogen) atoms. The van der Waals surface area contributed by atoms with Crippen molar-refractivity contribution in [2.45, 2.75) is 495 Å². The minimum absolute atomic E-state index is 0.0139.